The molecule has 0 saturated heterocycles. The zero-order chi connectivity index (χ0) is 36.4. The summed E-state index contributed by atoms with van der Waals surface area (Å²) in [6.07, 6.45) is 4.52. The fourth-order valence-electron chi connectivity index (χ4n) is 6.76. The monoisotopic (exact) mass is 692 g/mol. The molecule has 2 heteroatoms. The van der Waals surface area contributed by atoms with Crippen LogP contribution >= 0.6 is 0 Å². The van der Waals surface area contributed by atoms with Gasteiger partial charge in [-0.1, -0.05) is 182 Å². The Morgan fingerprint density at radius 1 is 0.241 bits per heavy atom. The molecule has 8 rings (SSSR count). The van der Waals surface area contributed by atoms with Crippen molar-refractivity contribution in [3.05, 3.63) is 265 Å². The summed E-state index contributed by atoms with van der Waals surface area (Å²) in [5, 5.41) is 0. The lowest BCUT2D eigenvalue weighted by molar-refractivity contribution is 1.28. The molecule has 0 aliphatic rings. The summed E-state index contributed by atoms with van der Waals surface area (Å²) in [4.78, 5) is 4.56. The molecular formula is C52H40N2. The van der Waals surface area contributed by atoms with E-state index in [9.17, 15) is 0 Å². The first kappa shape index (κ1) is 34.0. The standard InChI is InChI=1S/C52H40N2/c1-7-19-43(20-8-1)51(44-21-9-2-10-22-44)39-53(47-27-15-5-16-28-47)49-35-31-41(32-36-49)42-33-37-50(38-34-42)54(48-29-17-6-18-30-48)40-52(45-23-11-3-12-24-45)46-25-13-4-14-26-46/h1-40H. The zero-order valence-electron chi connectivity index (χ0n) is 30.0. The van der Waals surface area contributed by atoms with Gasteiger partial charge in [-0.2, -0.15) is 0 Å². The Morgan fingerprint density at radius 3 is 0.722 bits per heavy atom. The fraction of sp³-hybridized carbons (Fsp3) is 0. The molecule has 0 spiro atoms. The van der Waals surface area contributed by atoms with Gasteiger partial charge in [0.25, 0.3) is 0 Å². The molecule has 0 aliphatic carbocycles. The molecule has 8 aromatic rings. The van der Waals surface area contributed by atoms with E-state index in [4.69, 9.17) is 0 Å². The maximum Gasteiger partial charge on any atom is 0.0456 e. The second-order valence-corrected chi connectivity index (χ2v) is 13.1. The van der Waals surface area contributed by atoms with Gasteiger partial charge in [-0.25, -0.2) is 0 Å². The molecule has 8 aromatic carbocycles. The van der Waals surface area contributed by atoms with Crippen molar-refractivity contribution in [1.82, 2.24) is 0 Å². The van der Waals surface area contributed by atoms with Gasteiger partial charge in [0.1, 0.15) is 0 Å². The van der Waals surface area contributed by atoms with Crippen molar-refractivity contribution in [1.29, 1.82) is 0 Å². The first-order valence-corrected chi connectivity index (χ1v) is 18.3. The van der Waals surface area contributed by atoms with E-state index in [-0.39, 0.29) is 0 Å². The summed E-state index contributed by atoms with van der Waals surface area (Å²) in [5.74, 6) is 0. The van der Waals surface area contributed by atoms with Crippen LogP contribution in [0.25, 0.3) is 22.3 Å². The summed E-state index contributed by atoms with van der Waals surface area (Å²) < 4.78 is 0. The molecule has 258 valence electrons. The highest BCUT2D eigenvalue weighted by Crippen LogP contribution is 2.35. The molecule has 0 saturated carbocycles. The van der Waals surface area contributed by atoms with Gasteiger partial charge in [-0.3, -0.25) is 0 Å². The Labute approximate surface area is 318 Å². The third-order valence-corrected chi connectivity index (χ3v) is 9.55. The van der Waals surface area contributed by atoms with Gasteiger partial charge in [0, 0.05) is 46.3 Å². The summed E-state index contributed by atoms with van der Waals surface area (Å²) in [7, 11) is 0. The number of rotatable bonds is 11. The Bertz CT molecular complexity index is 2160. The van der Waals surface area contributed by atoms with Gasteiger partial charge < -0.3 is 9.80 Å². The third kappa shape index (κ3) is 7.84. The van der Waals surface area contributed by atoms with Crippen LogP contribution < -0.4 is 9.80 Å². The Balaban J connectivity index is 1.14. The highest BCUT2D eigenvalue weighted by Gasteiger charge is 2.14. The average Bonchev–Trinajstić information content (AvgIpc) is 3.26. The molecule has 0 bridgehead atoms. The molecule has 0 unspecified atom stereocenters. The fourth-order valence-corrected chi connectivity index (χ4v) is 6.76. The van der Waals surface area contributed by atoms with E-state index in [0.29, 0.717) is 0 Å². The Morgan fingerprint density at radius 2 is 0.463 bits per heavy atom. The summed E-state index contributed by atoms with van der Waals surface area (Å²) >= 11 is 0. The lowest BCUT2D eigenvalue weighted by atomic mass is 9.98. The molecule has 0 radical (unpaired) electrons. The first-order chi connectivity index (χ1) is 26.8. The number of hydrogen-bond acceptors (Lipinski definition) is 2. The minimum absolute atomic E-state index is 1.08. The van der Waals surface area contributed by atoms with E-state index in [2.05, 4.69) is 253 Å². The molecule has 0 fully saturated rings. The quantitative estimate of drug-likeness (QED) is 0.133. The van der Waals surface area contributed by atoms with Crippen LogP contribution in [0.1, 0.15) is 22.3 Å². The lowest BCUT2D eigenvalue weighted by Gasteiger charge is -2.24. The molecule has 0 atom stereocenters. The van der Waals surface area contributed by atoms with Crippen LogP contribution in [0.4, 0.5) is 22.7 Å². The molecule has 0 aliphatic heterocycles. The number of para-hydroxylation sites is 2. The van der Waals surface area contributed by atoms with Crippen LogP contribution in [0.3, 0.4) is 0 Å². The van der Waals surface area contributed by atoms with E-state index in [1.807, 2.05) is 0 Å². The van der Waals surface area contributed by atoms with E-state index < -0.39 is 0 Å². The second-order valence-electron chi connectivity index (χ2n) is 13.1. The number of nitrogens with zero attached hydrogens (tertiary/aromatic N) is 2. The molecule has 0 heterocycles. The van der Waals surface area contributed by atoms with Crippen LogP contribution in [0.15, 0.2) is 243 Å². The van der Waals surface area contributed by atoms with Crippen molar-refractivity contribution in [2.75, 3.05) is 9.80 Å². The van der Waals surface area contributed by atoms with E-state index in [1.54, 1.807) is 0 Å². The van der Waals surface area contributed by atoms with E-state index in [0.717, 1.165) is 45.0 Å². The van der Waals surface area contributed by atoms with Gasteiger partial charge in [0.2, 0.25) is 0 Å². The van der Waals surface area contributed by atoms with Gasteiger partial charge >= 0.3 is 0 Å². The number of benzene rings is 8. The van der Waals surface area contributed by atoms with Crippen molar-refractivity contribution in [3.63, 3.8) is 0 Å². The van der Waals surface area contributed by atoms with Crippen LogP contribution in [-0.4, -0.2) is 0 Å². The lowest BCUT2D eigenvalue weighted by Crippen LogP contribution is -2.10. The maximum atomic E-state index is 2.28. The highest BCUT2D eigenvalue weighted by atomic mass is 15.1. The predicted octanol–water partition coefficient (Wildman–Crippen LogP) is 13.8. The van der Waals surface area contributed by atoms with Crippen LogP contribution in [0, 0.1) is 0 Å². The Kier molecular flexibility index (Phi) is 10.3. The third-order valence-electron chi connectivity index (χ3n) is 9.55. The smallest absolute Gasteiger partial charge is 0.0456 e. The molecule has 0 amide bonds. The van der Waals surface area contributed by atoms with Crippen molar-refractivity contribution in [3.8, 4) is 11.1 Å². The normalized spacial score (nSPS) is 10.6. The molecule has 2 nitrogen and oxygen atoms in total. The predicted molar refractivity (Wildman–Crippen MR) is 229 cm³/mol. The molecule has 54 heavy (non-hydrogen) atoms. The number of anilines is 4. The summed E-state index contributed by atoms with van der Waals surface area (Å²) in [6.45, 7) is 0. The first-order valence-electron chi connectivity index (χ1n) is 18.3. The Hall–Kier alpha value is -7.16. The van der Waals surface area contributed by atoms with Gasteiger partial charge in [-0.05, 0) is 81.9 Å². The van der Waals surface area contributed by atoms with Gasteiger partial charge in [0.15, 0.2) is 0 Å². The summed E-state index contributed by atoms with van der Waals surface area (Å²) in [5.41, 5.74) is 13.6. The second kappa shape index (κ2) is 16.5. The van der Waals surface area contributed by atoms with Gasteiger partial charge in [0.05, 0.1) is 0 Å². The van der Waals surface area contributed by atoms with E-state index in [1.165, 1.54) is 22.3 Å². The van der Waals surface area contributed by atoms with Crippen LogP contribution in [-0.2, 0) is 0 Å². The van der Waals surface area contributed by atoms with Crippen molar-refractivity contribution in [2.45, 2.75) is 0 Å². The average molecular weight is 693 g/mol. The zero-order valence-corrected chi connectivity index (χ0v) is 30.0. The largest absolute Gasteiger partial charge is 0.317 e. The molecule has 0 aromatic heterocycles. The van der Waals surface area contributed by atoms with Crippen LogP contribution in [0.2, 0.25) is 0 Å². The highest BCUT2D eigenvalue weighted by molar-refractivity contribution is 5.86. The number of hydrogen-bond donors (Lipinski definition) is 0. The minimum atomic E-state index is 1.08. The summed E-state index contributed by atoms with van der Waals surface area (Å²) in [6, 6.07) is 81.3. The van der Waals surface area contributed by atoms with Crippen molar-refractivity contribution in [2.24, 2.45) is 0 Å². The van der Waals surface area contributed by atoms with Crippen molar-refractivity contribution >= 4 is 33.9 Å². The van der Waals surface area contributed by atoms with E-state index >= 15 is 0 Å². The minimum Gasteiger partial charge on any atom is -0.317 e. The molecule has 0 N–H and O–H groups in total. The molecular weight excluding hydrogens is 653 g/mol. The van der Waals surface area contributed by atoms with Crippen LogP contribution in [0.5, 0.6) is 0 Å². The van der Waals surface area contributed by atoms with Gasteiger partial charge in [-0.15, -0.1) is 0 Å². The maximum absolute atomic E-state index is 2.28. The topological polar surface area (TPSA) is 6.48 Å². The van der Waals surface area contributed by atoms with Crippen molar-refractivity contribution < 1.29 is 0 Å². The SMILES string of the molecule is C(=C(c1ccccc1)c1ccccc1)N(c1ccccc1)c1ccc(-c2ccc(N(C=C(c3ccccc3)c3ccccc3)c3ccccc3)cc2)cc1.